The quantitative estimate of drug-likeness (QED) is 0.100. The molecule has 9 rings (SSSR count). The molecule has 0 fully saturated rings. The smallest absolute Gasteiger partial charge is 0 e. The second-order valence-corrected chi connectivity index (χ2v) is 19.7. The van der Waals surface area contributed by atoms with Gasteiger partial charge in [0, 0.05) is 19.5 Å². The first-order chi connectivity index (χ1) is 28.3. The average molecular weight is 890 g/mol. The van der Waals surface area contributed by atoms with Gasteiger partial charge in [-0.1, -0.05) is 273 Å². The Kier molecular flexibility index (Phi) is 17.1. The molecule has 0 N–H and O–H groups in total. The number of rotatable bonds is 9. The minimum absolute atomic E-state index is 0. The first-order valence-electron chi connectivity index (χ1n) is 19.2. The van der Waals surface area contributed by atoms with Gasteiger partial charge in [-0.05, 0) is 71.5 Å². The van der Waals surface area contributed by atoms with Gasteiger partial charge in [0.15, 0.2) is 0 Å². The Morgan fingerprint density at radius 1 is 0.138 bits per heavy atom. The fourth-order valence-corrected chi connectivity index (χ4v) is 13.5. The van der Waals surface area contributed by atoms with Crippen molar-refractivity contribution in [2.75, 3.05) is 0 Å². The van der Waals surface area contributed by atoms with E-state index in [2.05, 4.69) is 273 Å². The summed E-state index contributed by atoms with van der Waals surface area (Å²) in [4.78, 5) is 0. The fraction of sp³-hybridized carbons (Fsp3) is 0. The van der Waals surface area contributed by atoms with Gasteiger partial charge in [0.2, 0.25) is 0 Å². The minimum Gasteiger partial charge on any atom is -0.0622 e. The Hall–Kier alpha value is -5.11. The molecule has 58 heavy (non-hydrogen) atoms. The summed E-state index contributed by atoms with van der Waals surface area (Å²) in [6, 6.07) is 97.0. The van der Waals surface area contributed by atoms with Gasteiger partial charge in [-0.3, -0.25) is 0 Å². The number of benzene rings is 9. The number of hydrogen-bond acceptors (Lipinski definition) is 0. The van der Waals surface area contributed by atoms with E-state index < -0.39 is 23.8 Å². The molecular weight excluding hydrogens is 844 g/mol. The molecule has 0 aromatic heterocycles. The zero-order valence-corrected chi connectivity index (χ0v) is 36.5. The summed E-state index contributed by atoms with van der Waals surface area (Å²) in [5.41, 5.74) is 0. The van der Waals surface area contributed by atoms with Gasteiger partial charge >= 0.3 is 0 Å². The molecule has 0 nitrogen and oxygen atoms in total. The molecule has 4 heteroatoms. The third kappa shape index (κ3) is 12.0. The van der Waals surface area contributed by atoms with Gasteiger partial charge in [-0.15, -0.1) is 0 Å². The molecule has 0 saturated carbocycles. The van der Waals surface area contributed by atoms with E-state index in [-0.39, 0.29) is 19.5 Å². The predicted octanol–water partition coefficient (Wildman–Crippen LogP) is 10.3. The maximum Gasteiger partial charge on any atom is 0 e. The van der Waals surface area contributed by atoms with Crippen LogP contribution in [0.4, 0.5) is 0 Å². The summed E-state index contributed by atoms with van der Waals surface area (Å²) in [5, 5.41) is 12.6. The molecular formula is C54H45P3Rh. The van der Waals surface area contributed by atoms with E-state index in [4.69, 9.17) is 0 Å². The minimum atomic E-state index is -0.446. The van der Waals surface area contributed by atoms with Crippen LogP contribution in [0.5, 0.6) is 0 Å². The predicted molar refractivity (Wildman–Crippen MR) is 255 cm³/mol. The summed E-state index contributed by atoms with van der Waals surface area (Å²) in [5.74, 6) is 0. The van der Waals surface area contributed by atoms with Crippen LogP contribution in [-0.4, -0.2) is 0 Å². The zero-order chi connectivity index (χ0) is 38.7. The molecule has 0 heterocycles. The third-order valence-corrected chi connectivity index (χ3v) is 16.5. The summed E-state index contributed by atoms with van der Waals surface area (Å²) in [6.07, 6.45) is 0. The van der Waals surface area contributed by atoms with Gasteiger partial charge < -0.3 is 0 Å². The van der Waals surface area contributed by atoms with Crippen LogP contribution >= 0.6 is 23.8 Å². The fourth-order valence-electron chi connectivity index (χ4n) is 6.54. The Morgan fingerprint density at radius 2 is 0.224 bits per heavy atom. The average Bonchev–Trinajstić information content (AvgIpc) is 3.30. The van der Waals surface area contributed by atoms with Gasteiger partial charge in [0.1, 0.15) is 0 Å². The van der Waals surface area contributed by atoms with Crippen molar-refractivity contribution in [2.24, 2.45) is 0 Å². The molecule has 0 spiro atoms. The van der Waals surface area contributed by atoms with Gasteiger partial charge in [-0.25, -0.2) is 0 Å². The van der Waals surface area contributed by atoms with Gasteiger partial charge in [-0.2, -0.15) is 0 Å². The maximum atomic E-state index is 2.23. The standard InChI is InChI=1S/3C18H15P.Rh/c3*1-4-10-16(11-5-1)19(17-12-6-2-7-13-17)18-14-8-3-9-15-18;/h3*1-15H;. The van der Waals surface area contributed by atoms with Crippen molar-refractivity contribution in [3.05, 3.63) is 273 Å². The molecule has 0 atom stereocenters. The van der Waals surface area contributed by atoms with Crippen LogP contribution < -0.4 is 47.7 Å². The van der Waals surface area contributed by atoms with Crippen LogP contribution in [0.1, 0.15) is 0 Å². The van der Waals surface area contributed by atoms with Crippen molar-refractivity contribution >= 4 is 71.5 Å². The molecule has 0 aliphatic heterocycles. The molecule has 0 saturated heterocycles. The van der Waals surface area contributed by atoms with Crippen molar-refractivity contribution in [1.82, 2.24) is 0 Å². The van der Waals surface area contributed by atoms with Crippen LogP contribution in [0.25, 0.3) is 0 Å². The van der Waals surface area contributed by atoms with E-state index in [0.717, 1.165) is 0 Å². The van der Waals surface area contributed by atoms with E-state index in [0.29, 0.717) is 0 Å². The largest absolute Gasteiger partial charge is 0.0622 e. The molecule has 1 radical (unpaired) electrons. The van der Waals surface area contributed by atoms with Crippen molar-refractivity contribution in [3.63, 3.8) is 0 Å². The third-order valence-electron chi connectivity index (χ3n) is 9.13. The Morgan fingerprint density at radius 3 is 0.310 bits per heavy atom. The second-order valence-electron chi connectivity index (χ2n) is 13.0. The molecule has 0 unspecified atom stereocenters. The molecule has 9 aromatic rings. The monoisotopic (exact) mass is 889 g/mol. The summed E-state index contributed by atoms with van der Waals surface area (Å²) in [6.45, 7) is 0. The van der Waals surface area contributed by atoms with Crippen molar-refractivity contribution in [3.8, 4) is 0 Å². The maximum absolute atomic E-state index is 2.23. The van der Waals surface area contributed by atoms with Crippen LogP contribution in [0.15, 0.2) is 273 Å². The van der Waals surface area contributed by atoms with Crippen LogP contribution in [0.2, 0.25) is 0 Å². The zero-order valence-electron chi connectivity index (χ0n) is 32.2. The molecule has 0 aliphatic carbocycles. The first-order valence-corrected chi connectivity index (χ1v) is 23.2. The van der Waals surface area contributed by atoms with Gasteiger partial charge in [0.25, 0.3) is 0 Å². The topological polar surface area (TPSA) is 0 Å². The molecule has 285 valence electrons. The normalized spacial score (nSPS) is 10.4. The molecule has 0 aliphatic rings. The Bertz CT molecular complexity index is 1860. The van der Waals surface area contributed by atoms with E-state index in [1.165, 1.54) is 47.7 Å². The van der Waals surface area contributed by atoms with Gasteiger partial charge in [0.05, 0.1) is 0 Å². The van der Waals surface area contributed by atoms with Crippen molar-refractivity contribution in [1.29, 1.82) is 0 Å². The Balaban J connectivity index is 0.000000145. The number of hydrogen-bond donors (Lipinski definition) is 0. The molecule has 0 bridgehead atoms. The van der Waals surface area contributed by atoms with E-state index in [1.807, 2.05) is 0 Å². The molecule has 0 amide bonds. The SMILES string of the molecule is [Rh].c1ccc(P(c2ccccc2)c2ccccc2)cc1.c1ccc(P(c2ccccc2)c2ccccc2)cc1.c1ccc(P(c2ccccc2)c2ccccc2)cc1. The van der Waals surface area contributed by atoms with E-state index in [9.17, 15) is 0 Å². The van der Waals surface area contributed by atoms with E-state index >= 15 is 0 Å². The van der Waals surface area contributed by atoms with Crippen LogP contribution in [-0.2, 0) is 19.5 Å². The summed E-state index contributed by atoms with van der Waals surface area (Å²) in [7, 11) is -1.34. The second kappa shape index (κ2) is 23.3. The summed E-state index contributed by atoms with van der Waals surface area (Å²) >= 11 is 0. The molecule has 9 aromatic carbocycles. The van der Waals surface area contributed by atoms with Crippen molar-refractivity contribution < 1.29 is 19.5 Å². The van der Waals surface area contributed by atoms with E-state index in [1.54, 1.807) is 0 Å². The van der Waals surface area contributed by atoms with Crippen LogP contribution in [0, 0.1) is 0 Å². The Labute approximate surface area is 361 Å². The van der Waals surface area contributed by atoms with Crippen molar-refractivity contribution in [2.45, 2.75) is 0 Å². The van der Waals surface area contributed by atoms with Crippen LogP contribution in [0.3, 0.4) is 0 Å². The summed E-state index contributed by atoms with van der Waals surface area (Å²) < 4.78 is 0. The first kappa shape index (κ1) is 42.5.